The summed E-state index contributed by atoms with van der Waals surface area (Å²) in [6, 6.07) is 8.98. The molecule has 0 aromatic heterocycles. The Balaban J connectivity index is 1.85. The molecule has 1 aromatic carbocycles. The lowest BCUT2D eigenvalue weighted by Crippen LogP contribution is -2.40. The molecule has 5 nitrogen and oxygen atoms in total. The molecule has 0 spiro atoms. The first-order valence-electron chi connectivity index (χ1n) is 12.1. The summed E-state index contributed by atoms with van der Waals surface area (Å²) in [4.78, 5) is 24.8. The average molecular weight is 478 g/mol. The van der Waals surface area contributed by atoms with Gasteiger partial charge in [-0.05, 0) is 43.2 Å². The van der Waals surface area contributed by atoms with Crippen LogP contribution in [0.5, 0.6) is 0 Å². The van der Waals surface area contributed by atoms with E-state index in [1.165, 1.54) is 12.0 Å². The molecular weight excluding hydrogens is 440 g/mol. The molecule has 188 valence electrons. The van der Waals surface area contributed by atoms with E-state index in [0.29, 0.717) is 32.1 Å². The summed E-state index contributed by atoms with van der Waals surface area (Å²) in [7, 11) is 1.35. The molecule has 1 aliphatic rings. The number of amides is 1. The topological polar surface area (TPSA) is 66.8 Å². The Kier molecular flexibility index (Phi) is 11.0. The first-order chi connectivity index (χ1) is 16.2. The zero-order valence-electron chi connectivity index (χ0n) is 20.4. The highest BCUT2D eigenvalue weighted by atomic mass is 19.3. The largest absolute Gasteiger partial charge is 0.469 e. The summed E-state index contributed by atoms with van der Waals surface area (Å²) >= 11 is 0. The van der Waals surface area contributed by atoms with Gasteiger partial charge in [-0.25, -0.2) is 0 Å². The third kappa shape index (κ3) is 8.39. The molecule has 34 heavy (non-hydrogen) atoms. The number of nitrogens with zero attached hydrogens (tertiary/aromatic N) is 1. The fourth-order valence-electron chi connectivity index (χ4n) is 4.35. The number of methoxy groups -OCH3 is 1. The number of aliphatic hydroxyl groups is 1. The van der Waals surface area contributed by atoms with Crippen LogP contribution in [0.25, 0.3) is 0 Å². The minimum atomic E-state index is -3.36. The maximum absolute atomic E-state index is 14.3. The van der Waals surface area contributed by atoms with Crippen LogP contribution < -0.4 is 0 Å². The van der Waals surface area contributed by atoms with Crippen LogP contribution in [0, 0.1) is 23.7 Å². The molecule has 2 rings (SSSR count). The molecule has 1 aliphatic heterocycles. The van der Waals surface area contributed by atoms with Crippen LogP contribution in [0.4, 0.5) is 8.78 Å². The van der Waals surface area contributed by atoms with Crippen molar-refractivity contribution in [3.05, 3.63) is 35.9 Å². The molecule has 1 amide bonds. The van der Waals surface area contributed by atoms with Crippen molar-refractivity contribution < 1.29 is 28.2 Å². The van der Waals surface area contributed by atoms with Crippen molar-refractivity contribution in [3.63, 3.8) is 0 Å². The fourth-order valence-corrected chi connectivity index (χ4v) is 4.35. The predicted octanol–water partition coefficient (Wildman–Crippen LogP) is 4.81. The molecule has 4 atom stereocenters. The molecule has 0 bridgehead atoms. The quantitative estimate of drug-likeness (QED) is 0.267. The van der Waals surface area contributed by atoms with Crippen molar-refractivity contribution in [1.82, 2.24) is 4.90 Å². The molecule has 0 saturated carbocycles. The van der Waals surface area contributed by atoms with E-state index in [1.807, 2.05) is 44.2 Å². The van der Waals surface area contributed by atoms with Gasteiger partial charge in [-0.1, -0.05) is 56.7 Å². The summed E-state index contributed by atoms with van der Waals surface area (Å²) in [5.41, 5.74) is 0.908. The smallest absolute Gasteiger partial charge is 0.326 e. The van der Waals surface area contributed by atoms with Gasteiger partial charge >= 0.3 is 11.9 Å². The number of aliphatic hydroxyl groups excluding tert-OH is 1. The van der Waals surface area contributed by atoms with Crippen LogP contribution in [0.15, 0.2) is 30.3 Å². The molecule has 1 N–H and O–H groups in total. The Hall–Kier alpha value is -2.46. The van der Waals surface area contributed by atoms with Gasteiger partial charge < -0.3 is 14.7 Å². The van der Waals surface area contributed by atoms with E-state index in [9.17, 15) is 23.5 Å². The zero-order valence-corrected chi connectivity index (χ0v) is 20.4. The van der Waals surface area contributed by atoms with E-state index in [1.54, 1.807) is 0 Å². The maximum atomic E-state index is 14.3. The Labute approximate surface area is 201 Å². The minimum absolute atomic E-state index is 0.112. The maximum Gasteiger partial charge on any atom is 0.326 e. The van der Waals surface area contributed by atoms with Gasteiger partial charge in [0.15, 0.2) is 0 Å². The highest BCUT2D eigenvalue weighted by Crippen LogP contribution is 2.38. The van der Waals surface area contributed by atoms with E-state index in [0.717, 1.165) is 18.4 Å². The Morgan fingerprint density at radius 2 is 1.88 bits per heavy atom. The monoisotopic (exact) mass is 477 g/mol. The lowest BCUT2D eigenvalue weighted by Gasteiger charge is -2.31. The van der Waals surface area contributed by atoms with Gasteiger partial charge in [0.05, 0.1) is 13.2 Å². The van der Waals surface area contributed by atoms with Crippen molar-refractivity contribution in [2.45, 2.75) is 83.3 Å². The number of carbonyl (C=O) groups excluding carboxylic acids is 2. The van der Waals surface area contributed by atoms with Gasteiger partial charge in [0.25, 0.3) is 5.91 Å². The van der Waals surface area contributed by atoms with Crippen LogP contribution in [-0.2, 0) is 14.3 Å². The number of carbonyl (C=O) groups is 2. The SMILES string of the molecule is COC(=O)CCCCCCN1C(=O)C(F)(F)CC1C(C)CC(O)C(C)CC#Cc1ccccc1. The molecule has 7 heteroatoms. The van der Waals surface area contributed by atoms with Gasteiger partial charge in [-0.2, -0.15) is 8.78 Å². The lowest BCUT2D eigenvalue weighted by atomic mass is 9.87. The molecular formula is C27H37F2NO4. The number of rotatable bonds is 12. The standard InChI is InChI=1S/C27H37F2NO4/c1-20(12-11-15-22-13-7-6-8-14-22)24(31)18-21(2)23-19-27(28,29)26(33)30(23)17-10-5-4-9-16-25(32)34-3/h6-8,13-14,20-21,23-24,31H,4-5,9-10,12,16-19H2,1-3H3. The molecule has 1 fully saturated rings. The average Bonchev–Trinajstić information content (AvgIpc) is 3.05. The van der Waals surface area contributed by atoms with Gasteiger partial charge in [-0.3, -0.25) is 9.59 Å². The molecule has 0 aliphatic carbocycles. The van der Waals surface area contributed by atoms with Gasteiger partial charge in [0.2, 0.25) is 0 Å². The summed E-state index contributed by atoms with van der Waals surface area (Å²) < 4.78 is 33.1. The number of likely N-dealkylation sites (tertiary alicyclic amines) is 1. The highest BCUT2D eigenvalue weighted by Gasteiger charge is 2.54. The number of unbranched alkanes of at least 4 members (excludes halogenated alkanes) is 3. The molecule has 0 radical (unpaired) electrons. The number of halogens is 2. The second-order valence-electron chi connectivity index (χ2n) is 9.34. The van der Waals surface area contributed by atoms with Crippen LogP contribution >= 0.6 is 0 Å². The Morgan fingerprint density at radius 1 is 1.21 bits per heavy atom. The molecule has 1 heterocycles. The van der Waals surface area contributed by atoms with Crippen molar-refractivity contribution in [2.75, 3.05) is 13.7 Å². The van der Waals surface area contributed by atoms with Crippen LogP contribution in [0.3, 0.4) is 0 Å². The predicted molar refractivity (Wildman–Crippen MR) is 127 cm³/mol. The minimum Gasteiger partial charge on any atom is -0.469 e. The summed E-state index contributed by atoms with van der Waals surface area (Å²) in [5, 5.41) is 10.7. The summed E-state index contributed by atoms with van der Waals surface area (Å²) in [6.07, 6.45) is 2.75. The Morgan fingerprint density at radius 3 is 2.56 bits per heavy atom. The number of hydrogen-bond acceptors (Lipinski definition) is 4. The number of esters is 1. The Bertz CT molecular complexity index is 849. The number of alkyl halides is 2. The first kappa shape index (κ1) is 27.8. The van der Waals surface area contributed by atoms with Crippen molar-refractivity contribution >= 4 is 11.9 Å². The number of hydrogen-bond donors (Lipinski definition) is 1. The number of ether oxygens (including phenoxy) is 1. The molecule has 1 aromatic rings. The van der Waals surface area contributed by atoms with Gasteiger partial charge in [-0.15, -0.1) is 0 Å². The van der Waals surface area contributed by atoms with E-state index >= 15 is 0 Å². The van der Waals surface area contributed by atoms with E-state index < -0.39 is 30.4 Å². The van der Waals surface area contributed by atoms with E-state index in [2.05, 4.69) is 16.6 Å². The summed E-state index contributed by atoms with van der Waals surface area (Å²) in [6.45, 7) is 3.99. The summed E-state index contributed by atoms with van der Waals surface area (Å²) in [5.74, 6) is 1.04. The molecule has 1 saturated heterocycles. The van der Waals surface area contributed by atoms with E-state index in [4.69, 9.17) is 0 Å². The lowest BCUT2D eigenvalue weighted by molar-refractivity contribution is -0.148. The normalized spacial score (nSPS) is 19.8. The van der Waals surface area contributed by atoms with Crippen molar-refractivity contribution in [1.29, 1.82) is 0 Å². The van der Waals surface area contributed by atoms with Crippen LogP contribution in [0.1, 0.15) is 70.8 Å². The van der Waals surface area contributed by atoms with E-state index in [-0.39, 0.29) is 24.3 Å². The van der Waals surface area contributed by atoms with Crippen molar-refractivity contribution in [2.24, 2.45) is 11.8 Å². The zero-order chi connectivity index (χ0) is 25.1. The van der Waals surface area contributed by atoms with Gasteiger partial charge in [0, 0.05) is 37.4 Å². The molecule has 4 unspecified atom stereocenters. The van der Waals surface area contributed by atoms with Crippen molar-refractivity contribution in [3.8, 4) is 11.8 Å². The third-order valence-electron chi connectivity index (χ3n) is 6.55. The highest BCUT2D eigenvalue weighted by molar-refractivity contribution is 5.86. The second-order valence-corrected chi connectivity index (χ2v) is 9.34. The first-order valence-corrected chi connectivity index (χ1v) is 12.1. The fraction of sp³-hybridized carbons (Fsp3) is 0.630. The van der Waals surface area contributed by atoms with Crippen LogP contribution in [-0.4, -0.2) is 53.6 Å². The van der Waals surface area contributed by atoms with Gasteiger partial charge in [0.1, 0.15) is 0 Å². The second kappa shape index (κ2) is 13.4. The van der Waals surface area contributed by atoms with Crippen LogP contribution in [0.2, 0.25) is 0 Å². The number of benzene rings is 1. The third-order valence-corrected chi connectivity index (χ3v) is 6.55.